The van der Waals surface area contributed by atoms with Crippen LogP contribution in [0, 0.1) is 6.92 Å². The summed E-state index contributed by atoms with van der Waals surface area (Å²) in [6.07, 6.45) is 1.93. The van der Waals surface area contributed by atoms with Crippen molar-refractivity contribution in [2.45, 2.75) is 6.92 Å². The zero-order chi connectivity index (χ0) is 15.3. The van der Waals surface area contributed by atoms with Gasteiger partial charge >= 0.3 is 0 Å². The fourth-order valence-electron chi connectivity index (χ4n) is 2.66. The highest BCUT2D eigenvalue weighted by Crippen LogP contribution is 2.29. The lowest BCUT2D eigenvalue weighted by molar-refractivity contribution is 1.31. The van der Waals surface area contributed by atoms with Crippen LogP contribution in [0.25, 0.3) is 21.9 Å². The van der Waals surface area contributed by atoms with E-state index in [1.807, 2.05) is 12.3 Å². The Bertz CT molecular complexity index is 1000. The molecule has 3 N–H and O–H groups in total. The molecule has 0 amide bonds. The van der Waals surface area contributed by atoms with E-state index in [9.17, 15) is 0 Å². The van der Waals surface area contributed by atoms with E-state index in [0.29, 0.717) is 21.5 Å². The summed E-state index contributed by atoms with van der Waals surface area (Å²) in [5, 5.41) is 5.60. The maximum atomic E-state index is 6.17. The molecule has 22 heavy (non-hydrogen) atoms. The number of benzene rings is 2. The van der Waals surface area contributed by atoms with Gasteiger partial charge in [0, 0.05) is 27.8 Å². The van der Waals surface area contributed by atoms with Crippen molar-refractivity contribution in [3.63, 3.8) is 0 Å². The topological polar surface area (TPSA) is 56.5 Å². The number of nitrogens with zero attached hydrogens (tertiary/aromatic N) is 1. The van der Waals surface area contributed by atoms with E-state index < -0.39 is 0 Å². The van der Waals surface area contributed by atoms with Crippen molar-refractivity contribution in [2.75, 3.05) is 5.32 Å². The average Bonchev–Trinajstić information content (AvgIpc) is 3.05. The Hall–Kier alpha value is -2.17. The first-order chi connectivity index (χ1) is 10.6. The third-order valence-electron chi connectivity index (χ3n) is 3.64. The minimum Gasteiger partial charge on any atom is -0.361 e. The number of aromatic nitrogens is 3. The van der Waals surface area contributed by atoms with Gasteiger partial charge in [0.15, 0.2) is 0 Å². The third-order valence-corrected chi connectivity index (χ3v) is 4.15. The quantitative estimate of drug-likeness (QED) is 0.460. The van der Waals surface area contributed by atoms with Gasteiger partial charge in [0.05, 0.1) is 10.5 Å². The lowest BCUT2D eigenvalue weighted by Crippen LogP contribution is -1.93. The van der Waals surface area contributed by atoms with E-state index in [1.54, 1.807) is 12.1 Å². The van der Waals surface area contributed by atoms with Crippen molar-refractivity contribution >= 4 is 56.8 Å². The summed E-state index contributed by atoms with van der Waals surface area (Å²) < 4.78 is 0. The van der Waals surface area contributed by atoms with Crippen LogP contribution in [0.4, 0.5) is 11.6 Å². The first-order valence-corrected chi connectivity index (χ1v) is 7.55. The maximum Gasteiger partial charge on any atom is 0.205 e. The summed E-state index contributed by atoms with van der Waals surface area (Å²) in [7, 11) is 0. The Morgan fingerprint density at radius 1 is 1.09 bits per heavy atom. The molecule has 0 bridgehead atoms. The largest absolute Gasteiger partial charge is 0.361 e. The molecule has 0 fully saturated rings. The highest BCUT2D eigenvalue weighted by Gasteiger charge is 2.09. The number of hydrogen-bond acceptors (Lipinski definition) is 2. The molecule has 0 aliphatic rings. The minimum atomic E-state index is 0.530. The Balaban J connectivity index is 1.77. The fourth-order valence-corrected chi connectivity index (χ4v) is 3.20. The number of anilines is 2. The molecule has 0 saturated heterocycles. The molecule has 4 nitrogen and oxygen atoms in total. The van der Waals surface area contributed by atoms with Crippen molar-refractivity contribution in [1.29, 1.82) is 0 Å². The second-order valence-corrected chi connectivity index (χ2v) is 6.07. The second kappa shape index (κ2) is 4.93. The Morgan fingerprint density at radius 2 is 1.95 bits per heavy atom. The van der Waals surface area contributed by atoms with Gasteiger partial charge < -0.3 is 15.3 Å². The number of aromatic amines is 2. The van der Waals surface area contributed by atoms with Crippen molar-refractivity contribution in [3.8, 4) is 0 Å². The third kappa shape index (κ3) is 2.21. The van der Waals surface area contributed by atoms with Crippen LogP contribution in [0.2, 0.25) is 10.0 Å². The molecule has 4 rings (SSSR count). The number of H-pyrrole nitrogens is 2. The predicted octanol–water partition coefficient (Wildman–Crippen LogP) is 5.40. The van der Waals surface area contributed by atoms with E-state index in [0.717, 1.165) is 16.7 Å². The highest BCUT2D eigenvalue weighted by molar-refractivity contribution is 6.38. The van der Waals surface area contributed by atoms with Gasteiger partial charge in [0.25, 0.3) is 0 Å². The predicted molar refractivity (Wildman–Crippen MR) is 92.4 cm³/mol. The van der Waals surface area contributed by atoms with Gasteiger partial charge in [0.2, 0.25) is 5.95 Å². The van der Waals surface area contributed by atoms with Crippen molar-refractivity contribution in [1.82, 2.24) is 15.0 Å². The molecule has 0 unspecified atom stereocenters. The molecular formula is C16H12Cl2N4. The lowest BCUT2D eigenvalue weighted by Gasteiger charge is -2.05. The van der Waals surface area contributed by atoms with E-state index in [-0.39, 0.29) is 0 Å². The summed E-state index contributed by atoms with van der Waals surface area (Å²) in [6, 6.07) is 9.69. The monoisotopic (exact) mass is 330 g/mol. The van der Waals surface area contributed by atoms with Gasteiger partial charge in [0.1, 0.15) is 5.52 Å². The first-order valence-electron chi connectivity index (χ1n) is 6.80. The van der Waals surface area contributed by atoms with Gasteiger partial charge in [-0.15, -0.1) is 0 Å². The molecule has 0 spiro atoms. The number of imidazole rings is 1. The maximum absolute atomic E-state index is 6.17. The smallest absolute Gasteiger partial charge is 0.205 e. The van der Waals surface area contributed by atoms with Crippen molar-refractivity contribution < 1.29 is 0 Å². The first kappa shape index (κ1) is 13.5. The van der Waals surface area contributed by atoms with Gasteiger partial charge in [-0.25, -0.2) is 4.98 Å². The molecule has 0 saturated carbocycles. The molecule has 0 aliphatic carbocycles. The molecule has 0 atom stereocenters. The van der Waals surface area contributed by atoms with Gasteiger partial charge in [-0.1, -0.05) is 23.2 Å². The van der Waals surface area contributed by atoms with Gasteiger partial charge in [-0.2, -0.15) is 0 Å². The number of nitrogens with one attached hydrogen (secondary N) is 3. The number of hydrogen-bond donors (Lipinski definition) is 3. The van der Waals surface area contributed by atoms with E-state index >= 15 is 0 Å². The van der Waals surface area contributed by atoms with Crippen LogP contribution in [0.5, 0.6) is 0 Å². The molecule has 2 aromatic carbocycles. The van der Waals surface area contributed by atoms with Gasteiger partial charge in [-0.05, 0) is 42.8 Å². The number of rotatable bonds is 2. The van der Waals surface area contributed by atoms with Crippen LogP contribution in [0.3, 0.4) is 0 Å². The zero-order valence-corrected chi connectivity index (χ0v) is 13.2. The molecular weight excluding hydrogens is 319 g/mol. The molecule has 2 aromatic heterocycles. The Labute approximate surface area is 136 Å². The summed E-state index contributed by atoms with van der Waals surface area (Å²) in [6.45, 7) is 2.08. The van der Waals surface area contributed by atoms with E-state index in [4.69, 9.17) is 23.2 Å². The van der Waals surface area contributed by atoms with Gasteiger partial charge in [-0.3, -0.25) is 0 Å². The fraction of sp³-hybridized carbons (Fsp3) is 0.0625. The zero-order valence-electron chi connectivity index (χ0n) is 11.7. The van der Waals surface area contributed by atoms with Crippen LogP contribution < -0.4 is 5.32 Å². The standard InChI is InChI=1S/C16H12Cl2N4/c1-8-4-10(7-13-11(8)2-3-19-13)20-16-21-14-6-9(17)5-12(18)15(14)22-16/h2-7,19H,1H3,(H2,20,21,22). The number of fused-ring (bicyclic) bond motifs is 2. The SMILES string of the molecule is Cc1cc(Nc2nc3c(Cl)cc(Cl)cc3[nH]2)cc2[nH]ccc12. The molecule has 110 valence electrons. The Kier molecular flexibility index (Phi) is 3.03. The van der Waals surface area contributed by atoms with E-state index in [1.165, 1.54) is 10.9 Å². The minimum absolute atomic E-state index is 0.530. The van der Waals surface area contributed by atoms with Crippen molar-refractivity contribution in [3.05, 3.63) is 52.1 Å². The molecule has 0 radical (unpaired) electrons. The van der Waals surface area contributed by atoms with Crippen LogP contribution in [-0.4, -0.2) is 15.0 Å². The van der Waals surface area contributed by atoms with E-state index in [2.05, 4.69) is 39.3 Å². The van der Waals surface area contributed by atoms with Crippen LogP contribution >= 0.6 is 23.2 Å². The van der Waals surface area contributed by atoms with Crippen LogP contribution in [0.1, 0.15) is 5.56 Å². The average molecular weight is 331 g/mol. The lowest BCUT2D eigenvalue weighted by atomic mass is 10.1. The molecule has 2 heterocycles. The van der Waals surface area contributed by atoms with Crippen molar-refractivity contribution in [2.24, 2.45) is 0 Å². The number of halogens is 2. The summed E-state index contributed by atoms with van der Waals surface area (Å²) in [5.41, 5.74) is 4.73. The van der Waals surface area contributed by atoms with Crippen LogP contribution in [0.15, 0.2) is 36.5 Å². The summed E-state index contributed by atoms with van der Waals surface area (Å²) in [5.74, 6) is 0.629. The Morgan fingerprint density at radius 3 is 2.82 bits per heavy atom. The highest BCUT2D eigenvalue weighted by atomic mass is 35.5. The summed E-state index contributed by atoms with van der Waals surface area (Å²) in [4.78, 5) is 10.9. The molecule has 0 aliphatic heterocycles. The van der Waals surface area contributed by atoms with Crippen LogP contribution in [-0.2, 0) is 0 Å². The second-order valence-electron chi connectivity index (χ2n) is 5.23. The molecule has 6 heteroatoms. The summed E-state index contributed by atoms with van der Waals surface area (Å²) >= 11 is 12.2. The molecule has 4 aromatic rings. The normalized spacial score (nSPS) is 11.4. The number of aryl methyl sites for hydroxylation is 1.